The molecule has 3 heteroatoms. The standard InChI is InChI=1S/C16H25N3/c1-13-8-10-14(11-9-13)12-19(2)16(17)18-15-6-4-3-5-7-15/h8-11,15H,3-7,12H2,1-2H3,(H2,17,18). The Bertz CT molecular complexity index is 416. The molecule has 1 aromatic carbocycles. The molecule has 0 aromatic heterocycles. The van der Waals surface area contributed by atoms with E-state index >= 15 is 0 Å². The second-order valence-corrected chi connectivity index (χ2v) is 5.62. The summed E-state index contributed by atoms with van der Waals surface area (Å²) in [7, 11) is 2.02. The number of nitrogens with two attached hydrogens (primary N) is 1. The number of hydrogen-bond donors (Lipinski definition) is 1. The van der Waals surface area contributed by atoms with Gasteiger partial charge in [-0.25, -0.2) is 4.99 Å². The highest BCUT2D eigenvalue weighted by Gasteiger charge is 2.13. The largest absolute Gasteiger partial charge is 0.370 e. The lowest BCUT2D eigenvalue weighted by atomic mass is 9.96. The molecule has 0 saturated heterocycles. The van der Waals surface area contributed by atoms with Gasteiger partial charge >= 0.3 is 0 Å². The van der Waals surface area contributed by atoms with Crippen LogP contribution in [0.1, 0.15) is 43.2 Å². The average molecular weight is 259 g/mol. The predicted molar refractivity (Wildman–Crippen MR) is 81.1 cm³/mol. The van der Waals surface area contributed by atoms with Gasteiger partial charge in [-0.15, -0.1) is 0 Å². The summed E-state index contributed by atoms with van der Waals surface area (Å²) in [5.41, 5.74) is 8.66. The van der Waals surface area contributed by atoms with Crippen LogP contribution in [-0.4, -0.2) is 23.9 Å². The normalized spacial score (nSPS) is 17.5. The molecule has 1 aliphatic rings. The van der Waals surface area contributed by atoms with Crippen molar-refractivity contribution in [1.29, 1.82) is 0 Å². The lowest BCUT2D eigenvalue weighted by Crippen LogP contribution is -2.35. The molecule has 0 heterocycles. The van der Waals surface area contributed by atoms with E-state index in [9.17, 15) is 0 Å². The SMILES string of the molecule is Cc1ccc(CN(C)C(N)=NC2CCCCC2)cc1. The van der Waals surface area contributed by atoms with Crippen molar-refractivity contribution in [3.8, 4) is 0 Å². The smallest absolute Gasteiger partial charge is 0.191 e. The Morgan fingerprint density at radius 2 is 1.84 bits per heavy atom. The third-order valence-electron chi connectivity index (χ3n) is 3.82. The Balaban J connectivity index is 1.92. The second-order valence-electron chi connectivity index (χ2n) is 5.62. The first kappa shape index (κ1) is 13.9. The fourth-order valence-electron chi connectivity index (χ4n) is 2.54. The summed E-state index contributed by atoms with van der Waals surface area (Å²) >= 11 is 0. The van der Waals surface area contributed by atoms with Gasteiger partial charge in [0.2, 0.25) is 0 Å². The van der Waals surface area contributed by atoms with E-state index in [1.807, 2.05) is 11.9 Å². The fraction of sp³-hybridized carbons (Fsp3) is 0.562. The monoisotopic (exact) mass is 259 g/mol. The summed E-state index contributed by atoms with van der Waals surface area (Å²) in [5, 5.41) is 0. The number of rotatable bonds is 3. The second kappa shape index (κ2) is 6.60. The van der Waals surface area contributed by atoms with Gasteiger partial charge in [-0.1, -0.05) is 49.1 Å². The Hall–Kier alpha value is -1.51. The maximum Gasteiger partial charge on any atom is 0.191 e. The Labute approximate surface area is 116 Å². The molecule has 0 radical (unpaired) electrons. The van der Waals surface area contributed by atoms with Gasteiger partial charge in [-0.3, -0.25) is 0 Å². The zero-order chi connectivity index (χ0) is 13.7. The van der Waals surface area contributed by atoms with Crippen molar-refractivity contribution in [3.05, 3.63) is 35.4 Å². The first-order valence-electron chi connectivity index (χ1n) is 7.25. The zero-order valence-corrected chi connectivity index (χ0v) is 12.1. The summed E-state index contributed by atoms with van der Waals surface area (Å²) in [5.74, 6) is 0.674. The van der Waals surface area contributed by atoms with Crippen molar-refractivity contribution in [2.45, 2.75) is 51.6 Å². The highest BCUT2D eigenvalue weighted by molar-refractivity contribution is 5.78. The topological polar surface area (TPSA) is 41.6 Å². The van der Waals surface area contributed by atoms with E-state index in [2.05, 4.69) is 36.2 Å². The van der Waals surface area contributed by atoms with Crippen LogP contribution in [0.4, 0.5) is 0 Å². The molecule has 3 nitrogen and oxygen atoms in total. The molecular formula is C16H25N3. The van der Waals surface area contributed by atoms with Crippen LogP contribution < -0.4 is 5.73 Å². The zero-order valence-electron chi connectivity index (χ0n) is 12.1. The molecule has 0 atom stereocenters. The summed E-state index contributed by atoms with van der Waals surface area (Å²) in [6, 6.07) is 9.02. The number of guanidine groups is 1. The Morgan fingerprint density at radius 1 is 1.21 bits per heavy atom. The van der Waals surface area contributed by atoms with Gasteiger partial charge in [-0.05, 0) is 25.3 Å². The fourth-order valence-corrected chi connectivity index (χ4v) is 2.54. The first-order valence-corrected chi connectivity index (χ1v) is 7.25. The summed E-state index contributed by atoms with van der Waals surface area (Å²) in [6.45, 7) is 2.93. The maximum atomic E-state index is 6.10. The van der Waals surface area contributed by atoms with E-state index < -0.39 is 0 Å². The summed E-state index contributed by atoms with van der Waals surface area (Å²) in [6.07, 6.45) is 6.33. The van der Waals surface area contributed by atoms with Crippen LogP contribution >= 0.6 is 0 Å². The molecule has 104 valence electrons. The van der Waals surface area contributed by atoms with Crippen molar-refractivity contribution in [2.75, 3.05) is 7.05 Å². The van der Waals surface area contributed by atoms with Gasteiger partial charge in [-0.2, -0.15) is 0 Å². The molecule has 19 heavy (non-hydrogen) atoms. The van der Waals surface area contributed by atoms with Crippen molar-refractivity contribution in [3.63, 3.8) is 0 Å². The van der Waals surface area contributed by atoms with Crippen LogP contribution in [0.25, 0.3) is 0 Å². The van der Waals surface area contributed by atoms with Gasteiger partial charge in [0.05, 0.1) is 6.04 Å². The molecular weight excluding hydrogens is 234 g/mol. The minimum Gasteiger partial charge on any atom is -0.370 e. The molecule has 0 aliphatic heterocycles. The van der Waals surface area contributed by atoms with Gasteiger partial charge in [0.1, 0.15) is 0 Å². The lowest BCUT2D eigenvalue weighted by molar-refractivity contribution is 0.428. The average Bonchev–Trinajstić information content (AvgIpc) is 2.42. The minimum atomic E-state index is 0.439. The van der Waals surface area contributed by atoms with E-state index in [0.29, 0.717) is 12.0 Å². The minimum absolute atomic E-state index is 0.439. The van der Waals surface area contributed by atoms with Crippen LogP contribution in [0.2, 0.25) is 0 Å². The highest BCUT2D eigenvalue weighted by Crippen LogP contribution is 2.20. The van der Waals surface area contributed by atoms with Gasteiger partial charge < -0.3 is 10.6 Å². The van der Waals surface area contributed by atoms with E-state index in [0.717, 1.165) is 6.54 Å². The summed E-state index contributed by atoms with van der Waals surface area (Å²) in [4.78, 5) is 6.71. The van der Waals surface area contributed by atoms with Crippen LogP contribution in [0.3, 0.4) is 0 Å². The molecule has 0 bridgehead atoms. The highest BCUT2D eigenvalue weighted by atomic mass is 15.2. The number of benzene rings is 1. The van der Waals surface area contributed by atoms with E-state index in [1.54, 1.807) is 0 Å². The lowest BCUT2D eigenvalue weighted by Gasteiger charge is -2.23. The van der Waals surface area contributed by atoms with Crippen LogP contribution in [0.5, 0.6) is 0 Å². The molecule has 1 fully saturated rings. The number of aliphatic imine (C=N–C) groups is 1. The van der Waals surface area contributed by atoms with Crippen molar-refractivity contribution in [2.24, 2.45) is 10.7 Å². The van der Waals surface area contributed by atoms with Crippen molar-refractivity contribution < 1.29 is 0 Å². The third kappa shape index (κ3) is 4.27. The number of aryl methyl sites for hydroxylation is 1. The predicted octanol–water partition coefficient (Wildman–Crippen LogP) is 3.07. The molecule has 0 unspecified atom stereocenters. The molecule has 1 aromatic rings. The quantitative estimate of drug-likeness (QED) is 0.669. The Morgan fingerprint density at radius 3 is 2.47 bits per heavy atom. The van der Waals surface area contributed by atoms with E-state index in [4.69, 9.17) is 5.73 Å². The van der Waals surface area contributed by atoms with Gasteiger partial charge in [0, 0.05) is 13.6 Å². The number of hydrogen-bond acceptors (Lipinski definition) is 1. The van der Waals surface area contributed by atoms with E-state index in [1.165, 1.54) is 43.2 Å². The van der Waals surface area contributed by atoms with Crippen LogP contribution in [0, 0.1) is 6.92 Å². The maximum absolute atomic E-state index is 6.10. The number of nitrogens with zero attached hydrogens (tertiary/aromatic N) is 2. The summed E-state index contributed by atoms with van der Waals surface area (Å²) < 4.78 is 0. The van der Waals surface area contributed by atoms with Crippen LogP contribution in [-0.2, 0) is 6.54 Å². The molecule has 0 amide bonds. The van der Waals surface area contributed by atoms with Gasteiger partial charge in [0.25, 0.3) is 0 Å². The molecule has 2 rings (SSSR count). The molecule has 0 spiro atoms. The van der Waals surface area contributed by atoms with Crippen LogP contribution in [0.15, 0.2) is 29.3 Å². The first-order chi connectivity index (χ1) is 9.15. The van der Waals surface area contributed by atoms with Gasteiger partial charge in [0.15, 0.2) is 5.96 Å². The van der Waals surface area contributed by atoms with Crippen molar-refractivity contribution >= 4 is 5.96 Å². The molecule has 1 saturated carbocycles. The van der Waals surface area contributed by atoms with Crippen molar-refractivity contribution in [1.82, 2.24) is 4.90 Å². The third-order valence-corrected chi connectivity index (χ3v) is 3.82. The Kier molecular flexibility index (Phi) is 4.83. The van der Waals surface area contributed by atoms with E-state index in [-0.39, 0.29) is 0 Å². The molecule has 1 aliphatic carbocycles. The molecule has 2 N–H and O–H groups in total.